The summed E-state index contributed by atoms with van der Waals surface area (Å²) in [4.78, 5) is 24.8. The van der Waals surface area contributed by atoms with E-state index in [1.165, 1.54) is 0 Å². The number of benzene rings is 1. The van der Waals surface area contributed by atoms with Gasteiger partial charge in [-0.2, -0.15) is 0 Å². The van der Waals surface area contributed by atoms with Crippen molar-refractivity contribution in [1.82, 2.24) is 0 Å². The summed E-state index contributed by atoms with van der Waals surface area (Å²) >= 11 is 6.53. The summed E-state index contributed by atoms with van der Waals surface area (Å²) < 4.78 is 2.76. The molecule has 1 N–H and O–H groups in total. The summed E-state index contributed by atoms with van der Waals surface area (Å²) in [6, 6.07) is 1.94. The smallest absolute Gasteiger partial charge is 0.307 e. The third-order valence-corrected chi connectivity index (χ3v) is 5.90. The predicted octanol–water partition coefficient (Wildman–Crippen LogP) is 4.28. The highest BCUT2D eigenvalue weighted by molar-refractivity contribution is 14.1. The van der Waals surface area contributed by atoms with E-state index < -0.39 is 5.97 Å². The quantitative estimate of drug-likeness (QED) is 0.480. The number of halogens is 3. The van der Waals surface area contributed by atoms with Crippen molar-refractivity contribution in [2.75, 3.05) is 11.4 Å². The minimum atomic E-state index is -0.860. The maximum absolute atomic E-state index is 12.0. The summed E-state index contributed by atoms with van der Waals surface area (Å²) in [5.74, 6) is -0.873. The zero-order valence-electron chi connectivity index (χ0n) is 11.8. The molecule has 0 saturated heterocycles. The molecule has 0 aromatic heterocycles. The number of carbonyl (C=O) groups excluding carboxylic acids is 1. The average molecular weight is 627 g/mol. The van der Waals surface area contributed by atoms with Crippen LogP contribution in [-0.2, 0) is 16.0 Å². The number of hydrogen-bond acceptors (Lipinski definition) is 2. The van der Waals surface area contributed by atoms with Crippen LogP contribution in [0.2, 0.25) is 0 Å². The minimum Gasteiger partial charge on any atom is -0.481 e. The number of carboxylic acid groups (broad SMARTS) is 1. The number of rotatable bonds is 6. The van der Waals surface area contributed by atoms with Crippen LogP contribution < -0.4 is 4.90 Å². The molecule has 0 atom stereocenters. The SMILES string of the molecule is CCCCN(C(C)=O)c1c(I)cc(I)c(CC(=O)O)c1I. The Bertz CT molecular complexity index is 561. The van der Waals surface area contributed by atoms with Gasteiger partial charge in [0.1, 0.15) is 0 Å². The number of amides is 1. The Labute approximate surface area is 165 Å². The van der Waals surface area contributed by atoms with Gasteiger partial charge in [0.25, 0.3) is 0 Å². The van der Waals surface area contributed by atoms with E-state index >= 15 is 0 Å². The molecule has 4 nitrogen and oxygen atoms in total. The minimum absolute atomic E-state index is 0.0123. The first kappa shape index (κ1) is 19.4. The molecule has 0 unspecified atom stereocenters. The van der Waals surface area contributed by atoms with Crippen molar-refractivity contribution in [3.8, 4) is 0 Å². The maximum Gasteiger partial charge on any atom is 0.307 e. The molecule has 0 heterocycles. The Morgan fingerprint density at radius 1 is 1.24 bits per heavy atom. The molecule has 0 aliphatic carbocycles. The Hall–Kier alpha value is 0.350. The largest absolute Gasteiger partial charge is 0.481 e. The molecule has 1 rings (SSSR count). The van der Waals surface area contributed by atoms with Gasteiger partial charge >= 0.3 is 5.97 Å². The summed E-state index contributed by atoms with van der Waals surface area (Å²) in [6.45, 7) is 4.29. The van der Waals surface area contributed by atoms with Gasteiger partial charge in [-0.25, -0.2) is 0 Å². The van der Waals surface area contributed by atoms with E-state index in [2.05, 4.69) is 74.7 Å². The van der Waals surface area contributed by atoms with E-state index in [-0.39, 0.29) is 12.3 Å². The van der Waals surface area contributed by atoms with Crippen molar-refractivity contribution in [3.05, 3.63) is 22.3 Å². The highest BCUT2D eigenvalue weighted by atomic mass is 127. The number of carbonyl (C=O) groups is 2. The van der Waals surface area contributed by atoms with Crippen LogP contribution in [0.3, 0.4) is 0 Å². The van der Waals surface area contributed by atoms with Gasteiger partial charge in [-0.1, -0.05) is 13.3 Å². The average Bonchev–Trinajstić information content (AvgIpc) is 2.37. The van der Waals surface area contributed by atoms with Crippen LogP contribution in [0.25, 0.3) is 0 Å². The normalized spacial score (nSPS) is 10.5. The Kier molecular flexibility index (Phi) is 8.17. The summed E-state index contributed by atoms with van der Waals surface area (Å²) in [5.41, 5.74) is 1.62. The highest BCUT2D eigenvalue weighted by Gasteiger charge is 2.22. The van der Waals surface area contributed by atoms with E-state index in [9.17, 15) is 9.59 Å². The lowest BCUT2D eigenvalue weighted by atomic mass is 10.1. The van der Waals surface area contributed by atoms with Crippen LogP contribution in [0.5, 0.6) is 0 Å². The molecular weight excluding hydrogens is 611 g/mol. The first-order valence-electron chi connectivity index (χ1n) is 6.45. The molecule has 0 aliphatic heterocycles. The number of anilines is 1. The molecule has 1 aromatic rings. The van der Waals surface area contributed by atoms with Gasteiger partial charge in [0, 0.05) is 24.2 Å². The van der Waals surface area contributed by atoms with Crippen molar-refractivity contribution in [2.45, 2.75) is 33.1 Å². The first-order chi connectivity index (χ1) is 9.79. The summed E-state index contributed by atoms with van der Waals surface area (Å²) in [6.07, 6.45) is 1.90. The molecule has 0 saturated carbocycles. The van der Waals surface area contributed by atoms with Crippen LogP contribution in [-0.4, -0.2) is 23.5 Å². The van der Waals surface area contributed by atoms with Gasteiger partial charge in [-0.3, -0.25) is 9.59 Å². The van der Waals surface area contributed by atoms with Crippen molar-refractivity contribution in [2.24, 2.45) is 0 Å². The molecule has 21 heavy (non-hydrogen) atoms. The van der Waals surface area contributed by atoms with Crippen LogP contribution in [0.1, 0.15) is 32.3 Å². The third kappa shape index (κ3) is 5.19. The zero-order chi connectivity index (χ0) is 16.2. The monoisotopic (exact) mass is 627 g/mol. The molecule has 0 bridgehead atoms. The molecule has 0 spiro atoms. The fraction of sp³-hybridized carbons (Fsp3) is 0.429. The molecule has 0 radical (unpaired) electrons. The third-order valence-electron chi connectivity index (χ3n) is 2.95. The second kappa shape index (κ2) is 8.85. The predicted molar refractivity (Wildman–Crippen MR) is 109 cm³/mol. The number of unbranched alkanes of at least 4 members (excludes halogenated alkanes) is 1. The van der Waals surface area contributed by atoms with Crippen molar-refractivity contribution in [1.29, 1.82) is 0 Å². The summed E-state index contributed by atoms with van der Waals surface area (Å²) in [5, 5.41) is 9.08. The molecular formula is C14H16I3NO3. The van der Waals surface area contributed by atoms with Crippen molar-refractivity contribution < 1.29 is 14.7 Å². The van der Waals surface area contributed by atoms with E-state index in [1.807, 2.05) is 6.07 Å². The van der Waals surface area contributed by atoms with E-state index in [0.29, 0.717) is 6.54 Å². The number of aliphatic carboxylic acids is 1. The van der Waals surface area contributed by atoms with Gasteiger partial charge in [0.2, 0.25) is 5.91 Å². The van der Waals surface area contributed by atoms with Gasteiger partial charge in [0.05, 0.1) is 12.1 Å². The van der Waals surface area contributed by atoms with E-state index in [4.69, 9.17) is 5.11 Å². The van der Waals surface area contributed by atoms with Crippen molar-refractivity contribution >= 4 is 85.3 Å². The van der Waals surface area contributed by atoms with E-state index in [0.717, 1.165) is 34.8 Å². The molecule has 7 heteroatoms. The van der Waals surface area contributed by atoms with Crippen LogP contribution in [0, 0.1) is 10.7 Å². The highest BCUT2D eigenvalue weighted by Crippen LogP contribution is 2.35. The van der Waals surface area contributed by atoms with Gasteiger partial charge in [-0.15, -0.1) is 0 Å². The van der Waals surface area contributed by atoms with Gasteiger partial charge < -0.3 is 10.0 Å². The van der Waals surface area contributed by atoms with Crippen LogP contribution >= 0.6 is 67.8 Å². The Balaban J connectivity index is 3.38. The van der Waals surface area contributed by atoms with Crippen LogP contribution in [0.15, 0.2) is 6.07 Å². The number of hydrogen-bond donors (Lipinski definition) is 1. The Morgan fingerprint density at radius 3 is 2.33 bits per heavy atom. The molecule has 0 aliphatic rings. The maximum atomic E-state index is 12.0. The van der Waals surface area contributed by atoms with Gasteiger partial charge in [-0.05, 0) is 85.8 Å². The van der Waals surface area contributed by atoms with Gasteiger partial charge in [0.15, 0.2) is 0 Å². The molecule has 116 valence electrons. The standard InChI is InChI=1S/C14H16I3NO3/c1-3-4-5-18(8(2)19)14-11(16)7-10(15)9(13(14)17)6-12(20)21/h7H,3-6H2,1-2H3,(H,20,21). The lowest BCUT2D eigenvalue weighted by Crippen LogP contribution is -2.31. The molecule has 1 aromatic carbocycles. The van der Waals surface area contributed by atoms with E-state index in [1.54, 1.807) is 11.8 Å². The van der Waals surface area contributed by atoms with Crippen LogP contribution in [0.4, 0.5) is 5.69 Å². The molecule has 1 amide bonds. The topological polar surface area (TPSA) is 57.6 Å². The summed E-state index contributed by atoms with van der Waals surface area (Å²) in [7, 11) is 0. The fourth-order valence-corrected chi connectivity index (χ4v) is 6.26. The second-order valence-corrected chi connectivity index (χ2v) is 7.98. The fourth-order valence-electron chi connectivity index (χ4n) is 1.92. The first-order valence-corrected chi connectivity index (χ1v) is 9.69. The molecule has 0 fully saturated rings. The second-order valence-electron chi connectivity index (χ2n) is 4.58. The lowest BCUT2D eigenvalue weighted by Gasteiger charge is -2.25. The Morgan fingerprint density at radius 2 is 1.86 bits per heavy atom. The lowest BCUT2D eigenvalue weighted by molar-refractivity contribution is -0.136. The number of nitrogens with zero attached hydrogens (tertiary/aromatic N) is 1. The zero-order valence-corrected chi connectivity index (χ0v) is 18.2. The number of carboxylic acids is 1. The van der Waals surface area contributed by atoms with Crippen molar-refractivity contribution in [3.63, 3.8) is 0 Å².